The minimum absolute atomic E-state index is 0.0137. The summed E-state index contributed by atoms with van der Waals surface area (Å²) in [6.45, 7) is 0.247. The van der Waals surface area contributed by atoms with Crippen LogP contribution in [0, 0.1) is 5.82 Å². The molecular formula is C19H21FN2O4. The molecule has 1 atom stereocenters. The number of carbonyl (C=O) groups excluding carboxylic acids is 1. The zero-order valence-electron chi connectivity index (χ0n) is 14.4. The number of carboxylic acid groups (broad SMARTS) is 1. The van der Waals surface area contributed by atoms with Crippen LogP contribution in [0.5, 0.6) is 5.75 Å². The molecule has 0 saturated heterocycles. The van der Waals surface area contributed by atoms with E-state index in [9.17, 15) is 14.0 Å². The summed E-state index contributed by atoms with van der Waals surface area (Å²) in [6.07, 6.45) is 0.326. The van der Waals surface area contributed by atoms with Crippen molar-refractivity contribution in [2.45, 2.75) is 18.9 Å². The van der Waals surface area contributed by atoms with Crippen molar-refractivity contribution in [3.05, 3.63) is 65.5 Å². The fourth-order valence-electron chi connectivity index (χ4n) is 2.43. The number of carbonyl (C=O) groups is 2. The van der Waals surface area contributed by atoms with Gasteiger partial charge in [-0.15, -0.1) is 0 Å². The lowest BCUT2D eigenvalue weighted by Crippen LogP contribution is -2.38. The lowest BCUT2D eigenvalue weighted by atomic mass is 9.98. The molecule has 0 aromatic heterocycles. The van der Waals surface area contributed by atoms with Crippen LogP contribution < -0.4 is 15.4 Å². The topological polar surface area (TPSA) is 87.7 Å². The fourth-order valence-corrected chi connectivity index (χ4v) is 2.43. The Morgan fingerprint density at radius 3 is 2.19 bits per heavy atom. The van der Waals surface area contributed by atoms with Crippen molar-refractivity contribution in [3.63, 3.8) is 0 Å². The highest BCUT2D eigenvalue weighted by Crippen LogP contribution is 2.24. The number of hydrogen-bond donors (Lipinski definition) is 3. The number of rotatable bonds is 8. The molecule has 6 nitrogen and oxygen atoms in total. The number of aliphatic carboxylic acids is 1. The summed E-state index contributed by atoms with van der Waals surface area (Å²) in [5, 5.41) is 14.1. The van der Waals surface area contributed by atoms with Crippen molar-refractivity contribution >= 4 is 12.0 Å². The number of benzene rings is 2. The SMILES string of the molecule is COc1ccc(C(NC(=O)NCCCC(=O)O)c2ccc(F)cc2)cc1. The molecule has 7 heteroatoms. The quantitative estimate of drug-likeness (QED) is 0.631. The Balaban J connectivity index is 2.11. The number of halogens is 1. The van der Waals surface area contributed by atoms with Crippen LogP contribution in [0.4, 0.5) is 9.18 Å². The number of ether oxygens (including phenoxy) is 1. The number of amides is 2. The maximum absolute atomic E-state index is 13.2. The summed E-state index contributed by atoms with van der Waals surface area (Å²) in [7, 11) is 1.56. The summed E-state index contributed by atoms with van der Waals surface area (Å²) in [4.78, 5) is 22.7. The zero-order chi connectivity index (χ0) is 18.9. The second-order valence-electron chi connectivity index (χ2n) is 5.66. The fraction of sp³-hybridized carbons (Fsp3) is 0.263. The molecule has 2 amide bonds. The molecular weight excluding hydrogens is 339 g/mol. The molecule has 0 heterocycles. The molecule has 0 aliphatic heterocycles. The number of methoxy groups -OCH3 is 1. The third-order valence-corrected chi connectivity index (χ3v) is 3.78. The van der Waals surface area contributed by atoms with Gasteiger partial charge in [-0.3, -0.25) is 4.79 Å². The van der Waals surface area contributed by atoms with E-state index >= 15 is 0 Å². The van der Waals surface area contributed by atoms with Crippen LogP contribution in [-0.4, -0.2) is 30.8 Å². The normalized spacial score (nSPS) is 11.5. The lowest BCUT2D eigenvalue weighted by Gasteiger charge is -2.20. The van der Waals surface area contributed by atoms with Gasteiger partial charge in [0, 0.05) is 13.0 Å². The Bertz CT molecular complexity index is 732. The number of hydrogen-bond acceptors (Lipinski definition) is 3. The summed E-state index contributed by atoms with van der Waals surface area (Å²) in [6, 6.07) is 12.1. The van der Waals surface area contributed by atoms with Crippen LogP contribution in [0.1, 0.15) is 30.0 Å². The van der Waals surface area contributed by atoms with Gasteiger partial charge in [0.15, 0.2) is 0 Å². The molecule has 0 bridgehead atoms. The van der Waals surface area contributed by atoms with Crippen LogP contribution in [0.15, 0.2) is 48.5 Å². The summed E-state index contributed by atoms with van der Waals surface area (Å²) < 4.78 is 18.4. The van der Waals surface area contributed by atoms with Crippen molar-refractivity contribution in [1.82, 2.24) is 10.6 Å². The van der Waals surface area contributed by atoms with Gasteiger partial charge in [-0.1, -0.05) is 24.3 Å². The third kappa shape index (κ3) is 5.77. The van der Waals surface area contributed by atoms with E-state index in [1.54, 1.807) is 31.4 Å². The highest BCUT2D eigenvalue weighted by atomic mass is 19.1. The molecule has 0 saturated carbocycles. The maximum atomic E-state index is 13.2. The van der Waals surface area contributed by atoms with Crippen LogP contribution in [-0.2, 0) is 4.79 Å². The molecule has 2 aromatic rings. The van der Waals surface area contributed by atoms with Gasteiger partial charge in [0.1, 0.15) is 11.6 Å². The molecule has 0 spiro atoms. The van der Waals surface area contributed by atoms with Gasteiger partial charge in [-0.2, -0.15) is 0 Å². The van der Waals surface area contributed by atoms with Crippen molar-refractivity contribution in [2.24, 2.45) is 0 Å². The van der Waals surface area contributed by atoms with Gasteiger partial charge in [0.05, 0.1) is 13.2 Å². The van der Waals surface area contributed by atoms with E-state index in [1.807, 2.05) is 12.1 Å². The molecule has 2 rings (SSSR count). The first kappa shape index (κ1) is 19.2. The van der Waals surface area contributed by atoms with Gasteiger partial charge < -0.3 is 20.5 Å². The van der Waals surface area contributed by atoms with E-state index in [4.69, 9.17) is 9.84 Å². The highest BCUT2D eigenvalue weighted by Gasteiger charge is 2.17. The third-order valence-electron chi connectivity index (χ3n) is 3.78. The number of urea groups is 1. The smallest absolute Gasteiger partial charge is 0.315 e. The molecule has 0 radical (unpaired) electrons. The Morgan fingerprint density at radius 2 is 1.65 bits per heavy atom. The Hall–Kier alpha value is -3.09. The van der Waals surface area contributed by atoms with Crippen LogP contribution in [0.2, 0.25) is 0 Å². The second kappa shape index (κ2) is 9.41. The van der Waals surface area contributed by atoms with Crippen LogP contribution in [0.25, 0.3) is 0 Å². The summed E-state index contributed by atoms with van der Waals surface area (Å²) in [5.74, 6) is -0.584. The Labute approximate surface area is 151 Å². The second-order valence-corrected chi connectivity index (χ2v) is 5.66. The van der Waals surface area contributed by atoms with Gasteiger partial charge in [-0.25, -0.2) is 9.18 Å². The zero-order valence-corrected chi connectivity index (χ0v) is 14.4. The standard InChI is InChI=1S/C19H21FN2O4/c1-26-16-10-6-14(7-11-16)18(13-4-8-15(20)9-5-13)22-19(25)21-12-2-3-17(23)24/h4-11,18H,2-3,12H2,1H3,(H,23,24)(H2,21,22,25). The van der Waals surface area contributed by atoms with Crippen LogP contribution >= 0.6 is 0 Å². The molecule has 138 valence electrons. The predicted molar refractivity (Wildman–Crippen MR) is 94.6 cm³/mol. The van der Waals surface area contributed by atoms with Crippen molar-refractivity contribution in [1.29, 1.82) is 0 Å². The van der Waals surface area contributed by atoms with Crippen molar-refractivity contribution in [3.8, 4) is 5.75 Å². The molecule has 2 aromatic carbocycles. The van der Waals surface area contributed by atoms with Crippen molar-refractivity contribution in [2.75, 3.05) is 13.7 Å². The Morgan fingerprint density at radius 1 is 1.08 bits per heavy atom. The van der Waals surface area contributed by atoms with Gasteiger partial charge in [0.25, 0.3) is 0 Å². The van der Waals surface area contributed by atoms with E-state index in [-0.39, 0.29) is 18.8 Å². The number of nitrogens with one attached hydrogen (secondary N) is 2. The van der Waals surface area contributed by atoms with E-state index in [0.29, 0.717) is 12.2 Å². The molecule has 26 heavy (non-hydrogen) atoms. The predicted octanol–water partition coefficient (Wildman–Crippen LogP) is 3.09. The van der Waals surface area contributed by atoms with Crippen molar-refractivity contribution < 1.29 is 23.8 Å². The summed E-state index contributed by atoms with van der Waals surface area (Å²) >= 11 is 0. The first-order valence-electron chi connectivity index (χ1n) is 8.15. The first-order chi connectivity index (χ1) is 12.5. The molecule has 0 fully saturated rings. The first-order valence-corrected chi connectivity index (χ1v) is 8.15. The molecule has 0 aliphatic carbocycles. The average molecular weight is 360 g/mol. The van der Waals surface area contributed by atoms with E-state index in [1.165, 1.54) is 12.1 Å². The largest absolute Gasteiger partial charge is 0.497 e. The average Bonchev–Trinajstić information content (AvgIpc) is 2.64. The van der Waals surface area contributed by atoms with Gasteiger partial charge in [0.2, 0.25) is 0 Å². The summed E-state index contributed by atoms with van der Waals surface area (Å²) in [5.41, 5.74) is 1.52. The molecule has 3 N–H and O–H groups in total. The minimum atomic E-state index is -0.908. The van der Waals surface area contributed by atoms with E-state index in [0.717, 1.165) is 11.1 Å². The maximum Gasteiger partial charge on any atom is 0.315 e. The van der Waals surface area contributed by atoms with E-state index < -0.39 is 18.0 Å². The van der Waals surface area contributed by atoms with Crippen LogP contribution in [0.3, 0.4) is 0 Å². The molecule has 1 unspecified atom stereocenters. The monoisotopic (exact) mass is 360 g/mol. The Kier molecular flexibility index (Phi) is 6.96. The lowest BCUT2D eigenvalue weighted by molar-refractivity contribution is -0.137. The van der Waals surface area contributed by atoms with Gasteiger partial charge in [-0.05, 0) is 41.8 Å². The van der Waals surface area contributed by atoms with E-state index in [2.05, 4.69) is 10.6 Å². The minimum Gasteiger partial charge on any atom is -0.497 e. The number of carboxylic acids is 1. The van der Waals surface area contributed by atoms with Gasteiger partial charge >= 0.3 is 12.0 Å². The highest BCUT2D eigenvalue weighted by molar-refractivity contribution is 5.75. The molecule has 0 aliphatic rings.